The summed E-state index contributed by atoms with van der Waals surface area (Å²) < 4.78 is 0. The van der Waals surface area contributed by atoms with Crippen LogP contribution < -0.4 is 22.7 Å². The topological polar surface area (TPSA) is 96.6 Å². The summed E-state index contributed by atoms with van der Waals surface area (Å²) in [5, 5.41) is 4.26. The maximum absolute atomic E-state index is 6.73. The van der Waals surface area contributed by atoms with Crippen molar-refractivity contribution >= 4 is 0 Å². The Hall–Kier alpha value is -0.240. The summed E-state index contributed by atoms with van der Waals surface area (Å²) in [4.78, 5) is 0. The van der Waals surface area contributed by atoms with Gasteiger partial charge in [0.1, 0.15) is 0 Å². The zero-order valence-electron chi connectivity index (χ0n) is 17.4. The Balaban J connectivity index is 3.22. The van der Waals surface area contributed by atoms with E-state index in [1.54, 1.807) is 0 Å². The zero-order chi connectivity index (χ0) is 19.1. The quantitative estimate of drug-likeness (QED) is 0.586. The molecule has 0 spiro atoms. The molecule has 0 saturated carbocycles. The number of nitrogens with zero attached hydrogens (tertiary/aromatic N) is 2. The molecule has 3 unspecified atom stereocenters. The standard InChI is InChI=1S/C18H42N6/c1-12(2)16(7,19)15-10-23(17(8,20)13(3)4)22-24(11-15)18(9,21)14(5)6/h12-15,22H,10-11,19-21H2,1-9H3. The first-order valence-electron chi connectivity index (χ1n) is 9.33. The molecule has 0 aromatic carbocycles. The molecule has 24 heavy (non-hydrogen) atoms. The normalized spacial score (nSPS) is 28.9. The van der Waals surface area contributed by atoms with E-state index in [1.807, 2.05) is 0 Å². The summed E-state index contributed by atoms with van der Waals surface area (Å²) in [6.07, 6.45) is 0. The van der Waals surface area contributed by atoms with Gasteiger partial charge in [0.2, 0.25) is 0 Å². The average molecular weight is 343 g/mol. The van der Waals surface area contributed by atoms with Crippen LogP contribution in [0.5, 0.6) is 0 Å². The Morgan fingerprint density at radius 3 is 1.33 bits per heavy atom. The van der Waals surface area contributed by atoms with E-state index in [0.29, 0.717) is 5.92 Å². The first-order valence-corrected chi connectivity index (χ1v) is 9.33. The van der Waals surface area contributed by atoms with Gasteiger partial charge in [0.15, 0.2) is 0 Å². The Labute approximate surface area is 149 Å². The number of nitrogens with two attached hydrogens (primary N) is 3. The molecular weight excluding hydrogens is 300 g/mol. The SMILES string of the molecule is CC(C)C(C)(N)C1CN(C(C)(N)C(C)C)NN(C(C)(N)C(C)C)C1. The van der Waals surface area contributed by atoms with Crippen LogP contribution in [0.2, 0.25) is 0 Å². The van der Waals surface area contributed by atoms with E-state index in [4.69, 9.17) is 17.2 Å². The van der Waals surface area contributed by atoms with E-state index in [1.165, 1.54) is 0 Å². The van der Waals surface area contributed by atoms with Crippen molar-refractivity contribution in [2.75, 3.05) is 13.1 Å². The van der Waals surface area contributed by atoms with Crippen molar-refractivity contribution in [3.63, 3.8) is 0 Å². The minimum absolute atomic E-state index is 0.266. The lowest BCUT2D eigenvalue weighted by atomic mass is 9.76. The number of hydrogen-bond donors (Lipinski definition) is 4. The highest BCUT2D eigenvalue weighted by Gasteiger charge is 2.47. The van der Waals surface area contributed by atoms with Gasteiger partial charge in [0.25, 0.3) is 0 Å². The fourth-order valence-corrected chi connectivity index (χ4v) is 2.82. The van der Waals surface area contributed by atoms with Crippen molar-refractivity contribution in [3.05, 3.63) is 0 Å². The molecule has 6 heteroatoms. The fraction of sp³-hybridized carbons (Fsp3) is 1.00. The van der Waals surface area contributed by atoms with Crippen LogP contribution in [0, 0.1) is 23.7 Å². The van der Waals surface area contributed by atoms with E-state index >= 15 is 0 Å². The van der Waals surface area contributed by atoms with Gasteiger partial charge in [-0.05, 0) is 38.5 Å². The second-order valence-electron chi connectivity index (χ2n) is 9.30. The van der Waals surface area contributed by atoms with Gasteiger partial charge in [0, 0.05) is 24.5 Å². The molecule has 0 aliphatic carbocycles. The van der Waals surface area contributed by atoms with Crippen molar-refractivity contribution < 1.29 is 0 Å². The Bertz CT molecular complexity index is 346. The molecule has 1 aliphatic heterocycles. The summed E-state index contributed by atoms with van der Waals surface area (Å²) in [7, 11) is 0. The fourth-order valence-electron chi connectivity index (χ4n) is 2.82. The van der Waals surface area contributed by atoms with Crippen molar-refractivity contribution in [3.8, 4) is 0 Å². The van der Waals surface area contributed by atoms with Gasteiger partial charge in [-0.1, -0.05) is 41.5 Å². The largest absolute Gasteiger partial charge is 0.325 e. The maximum atomic E-state index is 6.73. The van der Waals surface area contributed by atoms with Gasteiger partial charge >= 0.3 is 0 Å². The van der Waals surface area contributed by atoms with Gasteiger partial charge in [-0.25, -0.2) is 10.0 Å². The lowest BCUT2D eigenvalue weighted by Crippen LogP contribution is -2.78. The Morgan fingerprint density at radius 2 is 1.08 bits per heavy atom. The van der Waals surface area contributed by atoms with Crippen molar-refractivity contribution in [1.82, 2.24) is 15.6 Å². The summed E-state index contributed by atoms with van der Waals surface area (Å²) in [5.41, 5.74) is 22.3. The minimum Gasteiger partial charge on any atom is -0.325 e. The van der Waals surface area contributed by atoms with Gasteiger partial charge < -0.3 is 17.2 Å². The molecule has 6 nitrogen and oxygen atoms in total. The van der Waals surface area contributed by atoms with Crippen LogP contribution in [0.25, 0.3) is 0 Å². The highest BCUT2D eigenvalue weighted by Crippen LogP contribution is 2.32. The van der Waals surface area contributed by atoms with Crippen LogP contribution >= 0.6 is 0 Å². The molecule has 1 heterocycles. The van der Waals surface area contributed by atoms with Crippen molar-refractivity contribution in [1.29, 1.82) is 0 Å². The van der Waals surface area contributed by atoms with Gasteiger partial charge in [-0.2, -0.15) is 5.53 Å². The van der Waals surface area contributed by atoms with Crippen molar-refractivity contribution in [2.45, 2.75) is 79.2 Å². The monoisotopic (exact) mass is 342 g/mol. The molecule has 0 aromatic rings. The van der Waals surface area contributed by atoms with Gasteiger partial charge in [-0.3, -0.25) is 0 Å². The molecule has 1 aliphatic rings. The molecule has 7 N–H and O–H groups in total. The van der Waals surface area contributed by atoms with Crippen molar-refractivity contribution in [2.24, 2.45) is 40.9 Å². The highest BCUT2D eigenvalue weighted by molar-refractivity contribution is 4.98. The lowest BCUT2D eigenvalue weighted by Gasteiger charge is -2.56. The summed E-state index contributed by atoms with van der Waals surface area (Å²) in [6, 6.07) is 0. The maximum Gasteiger partial charge on any atom is 0.0828 e. The number of hydrazine groups is 2. The molecule has 1 saturated heterocycles. The molecule has 0 aromatic heterocycles. The van der Waals surface area contributed by atoms with Crippen LogP contribution in [0.15, 0.2) is 0 Å². The number of rotatable bonds is 6. The summed E-state index contributed by atoms with van der Waals surface area (Å²) >= 11 is 0. The molecule has 144 valence electrons. The first kappa shape index (κ1) is 21.8. The Kier molecular flexibility index (Phi) is 6.52. The van der Waals surface area contributed by atoms with Crippen LogP contribution in [-0.4, -0.2) is 40.0 Å². The molecular formula is C18H42N6. The molecule has 0 amide bonds. The second kappa shape index (κ2) is 7.17. The molecule has 3 atom stereocenters. The molecule has 1 rings (SSSR count). The summed E-state index contributed by atoms with van der Waals surface area (Å²) in [5.74, 6) is 1.21. The minimum atomic E-state index is -0.489. The van der Waals surface area contributed by atoms with Crippen LogP contribution in [0.4, 0.5) is 0 Å². The third-order valence-corrected chi connectivity index (χ3v) is 6.67. The third kappa shape index (κ3) is 4.11. The smallest absolute Gasteiger partial charge is 0.0828 e. The zero-order valence-corrected chi connectivity index (χ0v) is 17.4. The van der Waals surface area contributed by atoms with Crippen LogP contribution in [0.1, 0.15) is 62.3 Å². The lowest BCUT2D eigenvalue weighted by molar-refractivity contribution is -0.170. The van der Waals surface area contributed by atoms with Crippen LogP contribution in [0.3, 0.4) is 0 Å². The third-order valence-electron chi connectivity index (χ3n) is 6.67. The van der Waals surface area contributed by atoms with Crippen LogP contribution in [-0.2, 0) is 0 Å². The van der Waals surface area contributed by atoms with E-state index in [2.05, 4.69) is 77.9 Å². The highest BCUT2D eigenvalue weighted by atomic mass is 15.8. The van der Waals surface area contributed by atoms with E-state index < -0.39 is 11.3 Å². The van der Waals surface area contributed by atoms with E-state index in [0.717, 1.165) is 13.1 Å². The second-order valence-corrected chi connectivity index (χ2v) is 9.30. The summed E-state index contributed by atoms with van der Waals surface area (Å²) in [6.45, 7) is 20.8. The number of hydrogen-bond acceptors (Lipinski definition) is 6. The number of nitrogens with one attached hydrogen (secondary N) is 1. The molecule has 0 bridgehead atoms. The van der Waals surface area contributed by atoms with Gasteiger partial charge in [0.05, 0.1) is 11.3 Å². The predicted octanol–water partition coefficient (Wildman–Crippen LogP) is 1.68. The molecule has 1 fully saturated rings. The van der Waals surface area contributed by atoms with E-state index in [-0.39, 0.29) is 23.3 Å². The van der Waals surface area contributed by atoms with Gasteiger partial charge in [-0.15, -0.1) is 0 Å². The van der Waals surface area contributed by atoms with E-state index in [9.17, 15) is 0 Å². The predicted molar refractivity (Wildman–Crippen MR) is 102 cm³/mol. The molecule has 0 radical (unpaired) electrons. The first-order chi connectivity index (χ1) is 10.6. The average Bonchev–Trinajstić information content (AvgIpc) is 2.46. The Morgan fingerprint density at radius 1 is 0.750 bits per heavy atom.